The maximum Gasteiger partial charge on any atom is 0.336 e. The molecule has 1 spiro atoms. The Balaban J connectivity index is 2.22. The van der Waals surface area contributed by atoms with Crippen LogP contribution in [0.4, 0.5) is 0 Å². The number of carbonyl (C=O) groups is 1. The van der Waals surface area contributed by atoms with Crippen molar-refractivity contribution in [3.05, 3.63) is 5.53 Å². The molecule has 58 valence electrons. The highest BCUT2D eigenvalue weighted by Gasteiger charge is 2.57. The Hall–Kier alpha value is -0.950. The number of ketones is 1. The molecule has 2 fully saturated rings. The van der Waals surface area contributed by atoms with Gasteiger partial charge in [0.25, 0.3) is 0 Å². The lowest BCUT2D eigenvalue weighted by molar-refractivity contribution is -0.133. The van der Waals surface area contributed by atoms with E-state index in [1.165, 1.54) is 0 Å². The highest BCUT2D eigenvalue weighted by atomic mass is 16.1. The SMILES string of the molecule is [N-]=[N+]=C1CC2(CCCC2)C1=O. The van der Waals surface area contributed by atoms with Crippen molar-refractivity contribution in [2.24, 2.45) is 5.41 Å². The van der Waals surface area contributed by atoms with E-state index in [9.17, 15) is 4.79 Å². The fourth-order valence-corrected chi connectivity index (χ4v) is 2.22. The zero-order valence-corrected chi connectivity index (χ0v) is 6.34. The van der Waals surface area contributed by atoms with E-state index in [0.717, 1.165) is 25.7 Å². The van der Waals surface area contributed by atoms with Crippen LogP contribution in [-0.2, 0) is 4.79 Å². The van der Waals surface area contributed by atoms with Gasteiger partial charge < -0.3 is 5.53 Å². The van der Waals surface area contributed by atoms with Crippen molar-refractivity contribution in [1.82, 2.24) is 0 Å². The predicted molar refractivity (Wildman–Crippen MR) is 39.2 cm³/mol. The van der Waals surface area contributed by atoms with Gasteiger partial charge in [-0.1, -0.05) is 12.8 Å². The van der Waals surface area contributed by atoms with Gasteiger partial charge in [-0.05, 0) is 12.8 Å². The first-order valence-corrected chi connectivity index (χ1v) is 4.04. The highest BCUT2D eigenvalue weighted by Crippen LogP contribution is 2.48. The van der Waals surface area contributed by atoms with Gasteiger partial charge in [-0.3, -0.25) is 4.79 Å². The summed E-state index contributed by atoms with van der Waals surface area (Å²) in [6.45, 7) is 0. The Morgan fingerprint density at radius 1 is 1.36 bits per heavy atom. The van der Waals surface area contributed by atoms with Crippen LogP contribution in [0.15, 0.2) is 0 Å². The molecule has 0 aromatic heterocycles. The molecular formula is C8H10N2O. The predicted octanol–water partition coefficient (Wildman–Crippen LogP) is 1.19. The fourth-order valence-electron chi connectivity index (χ4n) is 2.22. The van der Waals surface area contributed by atoms with Crippen LogP contribution in [0.5, 0.6) is 0 Å². The molecule has 2 aliphatic carbocycles. The van der Waals surface area contributed by atoms with Crippen LogP contribution in [0, 0.1) is 5.41 Å². The monoisotopic (exact) mass is 150 g/mol. The maximum absolute atomic E-state index is 11.3. The lowest BCUT2D eigenvalue weighted by Crippen LogP contribution is -2.48. The second-order valence-electron chi connectivity index (χ2n) is 3.54. The average Bonchev–Trinajstić information content (AvgIpc) is 2.50. The van der Waals surface area contributed by atoms with E-state index in [1.807, 2.05) is 0 Å². The van der Waals surface area contributed by atoms with E-state index in [2.05, 4.69) is 4.79 Å². The van der Waals surface area contributed by atoms with Crippen molar-refractivity contribution < 1.29 is 9.58 Å². The van der Waals surface area contributed by atoms with Crippen molar-refractivity contribution in [2.45, 2.75) is 32.1 Å². The molecule has 3 nitrogen and oxygen atoms in total. The van der Waals surface area contributed by atoms with Crippen LogP contribution in [0.25, 0.3) is 5.53 Å². The molecule has 3 heteroatoms. The van der Waals surface area contributed by atoms with E-state index in [1.54, 1.807) is 0 Å². The molecule has 11 heavy (non-hydrogen) atoms. The lowest BCUT2D eigenvalue weighted by atomic mass is 9.65. The first kappa shape index (κ1) is 6.74. The number of rotatable bonds is 0. The minimum atomic E-state index is -0.0818. The molecule has 0 aliphatic heterocycles. The average molecular weight is 150 g/mol. The first-order chi connectivity index (χ1) is 5.28. The van der Waals surface area contributed by atoms with E-state index >= 15 is 0 Å². The van der Waals surface area contributed by atoms with Crippen LogP contribution >= 0.6 is 0 Å². The number of hydrogen-bond acceptors (Lipinski definition) is 1. The molecule has 0 N–H and O–H groups in total. The van der Waals surface area contributed by atoms with Gasteiger partial charge >= 0.3 is 5.71 Å². The second kappa shape index (κ2) is 2.02. The van der Waals surface area contributed by atoms with Gasteiger partial charge in [-0.15, -0.1) is 0 Å². The number of carbonyl (C=O) groups excluding carboxylic acids is 1. The van der Waals surface area contributed by atoms with Gasteiger partial charge in [0, 0.05) is 0 Å². The normalized spacial score (nSPS) is 26.9. The van der Waals surface area contributed by atoms with Gasteiger partial charge in [0.1, 0.15) is 0 Å². The third kappa shape index (κ3) is 0.717. The lowest BCUT2D eigenvalue weighted by Gasteiger charge is -2.30. The standard InChI is InChI=1S/C8H10N2O/c9-10-6-5-8(7(6)11)3-1-2-4-8/h1-5H2. The summed E-state index contributed by atoms with van der Waals surface area (Å²) in [6, 6.07) is 0. The molecule has 0 saturated heterocycles. The summed E-state index contributed by atoms with van der Waals surface area (Å²) >= 11 is 0. The molecule has 0 bridgehead atoms. The molecular weight excluding hydrogens is 140 g/mol. The van der Waals surface area contributed by atoms with Gasteiger partial charge in [-0.25, -0.2) is 0 Å². The summed E-state index contributed by atoms with van der Waals surface area (Å²) in [5, 5.41) is 0. The Morgan fingerprint density at radius 3 is 2.45 bits per heavy atom. The van der Waals surface area contributed by atoms with Crippen molar-refractivity contribution in [1.29, 1.82) is 0 Å². The molecule has 0 aromatic carbocycles. The topological polar surface area (TPSA) is 53.5 Å². The Kier molecular flexibility index (Phi) is 1.24. The molecule has 2 aliphatic rings. The summed E-state index contributed by atoms with van der Waals surface area (Å²) in [7, 11) is 0. The van der Waals surface area contributed by atoms with E-state index < -0.39 is 0 Å². The molecule has 0 heterocycles. The summed E-state index contributed by atoms with van der Waals surface area (Å²) in [5.41, 5.74) is 8.67. The summed E-state index contributed by atoms with van der Waals surface area (Å²) in [6.07, 6.45) is 5.03. The molecule has 0 unspecified atom stereocenters. The van der Waals surface area contributed by atoms with E-state index in [4.69, 9.17) is 5.53 Å². The number of nitrogens with zero attached hydrogens (tertiary/aromatic N) is 2. The van der Waals surface area contributed by atoms with Crippen LogP contribution in [0.3, 0.4) is 0 Å². The van der Waals surface area contributed by atoms with E-state index in [-0.39, 0.29) is 11.2 Å². The van der Waals surface area contributed by atoms with E-state index in [0.29, 0.717) is 12.1 Å². The van der Waals surface area contributed by atoms with Crippen molar-refractivity contribution >= 4 is 11.5 Å². The van der Waals surface area contributed by atoms with Crippen LogP contribution in [0.1, 0.15) is 32.1 Å². The maximum atomic E-state index is 11.3. The van der Waals surface area contributed by atoms with Gasteiger partial charge in [0.05, 0.1) is 11.8 Å². The van der Waals surface area contributed by atoms with Gasteiger partial charge in [0.15, 0.2) is 0 Å². The quantitative estimate of drug-likeness (QED) is 0.378. The molecule has 0 aromatic rings. The summed E-state index contributed by atoms with van der Waals surface area (Å²) in [4.78, 5) is 14.3. The molecule has 0 atom stereocenters. The Labute approximate surface area is 65.0 Å². The first-order valence-electron chi connectivity index (χ1n) is 4.04. The van der Waals surface area contributed by atoms with Crippen molar-refractivity contribution in [3.63, 3.8) is 0 Å². The Bertz CT molecular complexity index is 257. The fraction of sp³-hybridized carbons (Fsp3) is 0.750. The zero-order chi connectivity index (χ0) is 7.90. The largest absolute Gasteiger partial charge is 0.361 e. The molecule has 2 saturated carbocycles. The van der Waals surface area contributed by atoms with Crippen LogP contribution < -0.4 is 0 Å². The van der Waals surface area contributed by atoms with Crippen LogP contribution in [0.2, 0.25) is 0 Å². The number of hydrogen-bond donors (Lipinski definition) is 0. The molecule has 2 rings (SSSR count). The molecule has 0 amide bonds. The smallest absolute Gasteiger partial charge is 0.336 e. The summed E-state index contributed by atoms with van der Waals surface area (Å²) in [5.74, 6) is 0.0949. The van der Waals surface area contributed by atoms with Crippen molar-refractivity contribution in [2.75, 3.05) is 0 Å². The minimum Gasteiger partial charge on any atom is -0.361 e. The third-order valence-electron chi connectivity index (χ3n) is 2.93. The minimum absolute atomic E-state index is 0.0818. The highest BCUT2D eigenvalue weighted by molar-refractivity contribution is 6.46. The van der Waals surface area contributed by atoms with Gasteiger partial charge in [-0.2, -0.15) is 4.79 Å². The summed E-state index contributed by atoms with van der Waals surface area (Å²) < 4.78 is 0. The zero-order valence-electron chi connectivity index (χ0n) is 6.34. The number of Topliss-reactive ketones (excluding diaryl/α,β-unsaturated/α-hetero) is 1. The third-order valence-corrected chi connectivity index (χ3v) is 2.93. The van der Waals surface area contributed by atoms with Gasteiger partial charge in [0.2, 0.25) is 5.78 Å². The molecule has 0 radical (unpaired) electrons. The van der Waals surface area contributed by atoms with Crippen LogP contribution in [-0.4, -0.2) is 16.3 Å². The Morgan fingerprint density at radius 2 is 2.00 bits per heavy atom. The van der Waals surface area contributed by atoms with Crippen molar-refractivity contribution in [3.8, 4) is 0 Å². The second-order valence-corrected chi connectivity index (χ2v) is 3.54.